The lowest BCUT2D eigenvalue weighted by Crippen LogP contribution is -2.47. The first-order valence-electron chi connectivity index (χ1n) is 10.6. The Balaban J connectivity index is 2.69. The minimum Gasteiger partial charge on any atom is -0.465 e. The Morgan fingerprint density at radius 2 is 1.69 bits per heavy atom. The predicted molar refractivity (Wildman–Crippen MR) is 127 cm³/mol. The van der Waals surface area contributed by atoms with Crippen LogP contribution in [0.2, 0.25) is 5.02 Å². The lowest BCUT2D eigenvalue weighted by molar-refractivity contribution is -0.157. The molecule has 2 aromatic carbocycles. The van der Waals surface area contributed by atoms with Gasteiger partial charge in [0.1, 0.15) is 28.2 Å². The van der Waals surface area contributed by atoms with Crippen LogP contribution in [0.1, 0.15) is 60.7 Å². The largest absolute Gasteiger partial charge is 0.465 e. The van der Waals surface area contributed by atoms with Crippen LogP contribution >= 0.6 is 11.6 Å². The molecular weight excluding hydrogens is 504 g/mol. The maximum absolute atomic E-state index is 14.9. The van der Waals surface area contributed by atoms with Gasteiger partial charge in [-0.2, -0.15) is 4.72 Å². The van der Waals surface area contributed by atoms with E-state index in [2.05, 4.69) is 9.46 Å². The molecule has 1 N–H and O–H groups in total. The number of carbonyl (C=O) groups excluding carboxylic acids is 2. The minimum atomic E-state index is -4.89. The van der Waals surface area contributed by atoms with Gasteiger partial charge in [-0.3, -0.25) is 4.79 Å². The van der Waals surface area contributed by atoms with Crippen LogP contribution in [-0.4, -0.2) is 39.1 Å². The number of carbonyl (C=O) groups is 2. The molecule has 0 bridgehead atoms. The number of hydrogen-bond donors (Lipinski definition) is 1. The fourth-order valence-corrected chi connectivity index (χ4v) is 5.28. The third-order valence-electron chi connectivity index (χ3n) is 5.31. The van der Waals surface area contributed by atoms with Gasteiger partial charge in [0.05, 0.1) is 12.7 Å². The van der Waals surface area contributed by atoms with Gasteiger partial charge in [-0.25, -0.2) is 22.0 Å². The molecular formula is C24H28ClF2NO6S. The first kappa shape index (κ1) is 28.7. The Morgan fingerprint density at radius 1 is 1.09 bits per heavy atom. The van der Waals surface area contributed by atoms with Crippen molar-refractivity contribution in [3.8, 4) is 0 Å². The molecule has 0 aliphatic carbocycles. The van der Waals surface area contributed by atoms with E-state index in [9.17, 15) is 26.8 Å². The molecule has 2 atom stereocenters. The zero-order chi connectivity index (χ0) is 26.9. The van der Waals surface area contributed by atoms with Crippen molar-refractivity contribution in [2.24, 2.45) is 0 Å². The Morgan fingerprint density at radius 3 is 2.23 bits per heavy atom. The van der Waals surface area contributed by atoms with E-state index < -0.39 is 61.6 Å². The van der Waals surface area contributed by atoms with Crippen LogP contribution in [-0.2, 0) is 24.3 Å². The van der Waals surface area contributed by atoms with E-state index in [-0.39, 0.29) is 10.6 Å². The topological polar surface area (TPSA) is 98.8 Å². The smallest absolute Gasteiger partial charge is 0.339 e. The molecule has 35 heavy (non-hydrogen) atoms. The van der Waals surface area contributed by atoms with E-state index in [4.69, 9.17) is 16.3 Å². The van der Waals surface area contributed by atoms with Gasteiger partial charge in [0.25, 0.3) is 0 Å². The Kier molecular flexibility index (Phi) is 8.68. The highest BCUT2D eigenvalue weighted by Crippen LogP contribution is 2.31. The van der Waals surface area contributed by atoms with Crippen LogP contribution in [0.5, 0.6) is 0 Å². The number of methoxy groups -OCH3 is 1. The second-order valence-corrected chi connectivity index (χ2v) is 11.2. The summed E-state index contributed by atoms with van der Waals surface area (Å²) in [6.07, 6.45) is 0. The van der Waals surface area contributed by atoms with Gasteiger partial charge >= 0.3 is 11.9 Å². The van der Waals surface area contributed by atoms with Crippen molar-refractivity contribution in [1.29, 1.82) is 0 Å². The molecule has 192 valence electrons. The standard InChI is InChI=1S/C24H28ClF2NO6S/c1-12-8-9-17(26)19(13(12)2)14(3)20(23(30)34-24(4,5)6)28-35(31,32)21-16(22(29)33-7)10-15(25)11-18(21)27/h8-11,14,20,28H,1-7H3/t14?,20-/m0/s1. The number of rotatable bonds is 7. The van der Waals surface area contributed by atoms with Crippen molar-refractivity contribution in [3.05, 3.63) is 63.2 Å². The summed E-state index contributed by atoms with van der Waals surface area (Å²) >= 11 is 5.80. The highest BCUT2D eigenvalue weighted by atomic mass is 35.5. The van der Waals surface area contributed by atoms with E-state index in [1.54, 1.807) is 40.7 Å². The van der Waals surface area contributed by atoms with Gasteiger partial charge in [-0.1, -0.05) is 24.6 Å². The number of hydrogen-bond acceptors (Lipinski definition) is 6. The lowest BCUT2D eigenvalue weighted by Gasteiger charge is -2.29. The van der Waals surface area contributed by atoms with Crippen LogP contribution in [0.3, 0.4) is 0 Å². The van der Waals surface area contributed by atoms with Crippen LogP contribution in [0.4, 0.5) is 8.78 Å². The number of benzene rings is 2. The summed E-state index contributed by atoms with van der Waals surface area (Å²) in [6, 6.07) is 2.73. The summed E-state index contributed by atoms with van der Waals surface area (Å²) in [7, 11) is -3.90. The molecule has 2 aromatic rings. The molecule has 0 aromatic heterocycles. The molecule has 0 saturated heterocycles. The van der Waals surface area contributed by atoms with Crippen molar-refractivity contribution in [3.63, 3.8) is 0 Å². The number of aryl methyl sites for hydroxylation is 1. The molecule has 11 heteroatoms. The molecule has 0 saturated carbocycles. The summed E-state index contributed by atoms with van der Waals surface area (Å²) < 4.78 is 68.5. The molecule has 0 radical (unpaired) electrons. The highest BCUT2D eigenvalue weighted by molar-refractivity contribution is 7.89. The SMILES string of the molecule is COC(=O)c1cc(Cl)cc(F)c1S(=O)(=O)N[C@H](C(=O)OC(C)(C)C)C(C)c1c(F)ccc(C)c1C. The van der Waals surface area contributed by atoms with E-state index in [1.807, 2.05) is 0 Å². The third kappa shape index (κ3) is 6.56. The van der Waals surface area contributed by atoms with Crippen LogP contribution < -0.4 is 4.72 Å². The molecule has 0 aliphatic heterocycles. The van der Waals surface area contributed by atoms with Crippen molar-refractivity contribution in [2.75, 3.05) is 7.11 Å². The summed E-state index contributed by atoms with van der Waals surface area (Å²) in [5.74, 6) is -5.23. The second-order valence-electron chi connectivity index (χ2n) is 9.08. The molecule has 2 rings (SSSR count). The second kappa shape index (κ2) is 10.6. The first-order valence-corrected chi connectivity index (χ1v) is 12.4. The Bertz CT molecular complexity index is 1260. The molecule has 0 amide bonds. The van der Waals surface area contributed by atoms with Crippen LogP contribution in [0, 0.1) is 25.5 Å². The normalized spacial score (nSPS) is 13.8. The van der Waals surface area contributed by atoms with Crippen molar-refractivity contribution < 1.29 is 36.3 Å². The summed E-state index contributed by atoms with van der Waals surface area (Å²) in [5, 5.41) is -0.239. The summed E-state index contributed by atoms with van der Waals surface area (Å²) in [5.41, 5.74) is -0.357. The van der Waals surface area contributed by atoms with Crippen molar-refractivity contribution >= 4 is 33.6 Å². The van der Waals surface area contributed by atoms with Crippen LogP contribution in [0.15, 0.2) is 29.2 Å². The maximum Gasteiger partial charge on any atom is 0.339 e. The average molecular weight is 532 g/mol. The number of esters is 2. The van der Waals surface area contributed by atoms with Gasteiger partial charge in [-0.15, -0.1) is 0 Å². The van der Waals surface area contributed by atoms with Gasteiger partial charge in [0.2, 0.25) is 10.0 Å². The average Bonchev–Trinajstić information content (AvgIpc) is 2.72. The Labute approximate surface area is 208 Å². The lowest BCUT2D eigenvalue weighted by atomic mass is 9.88. The number of halogens is 3. The number of nitrogens with one attached hydrogen (secondary N) is 1. The Hall–Kier alpha value is -2.56. The molecule has 1 unspecified atom stereocenters. The highest BCUT2D eigenvalue weighted by Gasteiger charge is 2.38. The maximum atomic E-state index is 14.9. The van der Waals surface area contributed by atoms with Gasteiger partial charge in [0, 0.05) is 10.9 Å². The van der Waals surface area contributed by atoms with Gasteiger partial charge in [0.15, 0.2) is 0 Å². The molecule has 0 heterocycles. The van der Waals surface area contributed by atoms with Gasteiger partial charge in [-0.05, 0) is 69.5 Å². The van der Waals surface area contributed by atoms with Crippen molar-refractivity contribution in [1.82, 2.24) is 4.72 Å². The number of ether oxygens (including phenoxy) is 2. The van der Waals surface area contributed by atoms with E-state index in [1.165, 1.54) is 13.0 Å². The van der Waals surface area contributed by atoms with E-state index in [0.29, 0.717) is 11.6 Å². The van der Waals surface area contributed by atoms with E-state index in [0.717, 1.165) is 18.7 Å². The number of sulfonamides is 1. The summed E-state index contributed by atoms with van der Waals surface area (Å²) in [4.78, 5) is 24.3. The van der Waals surface area contributed by atoms with Crippen molar-refractivity contribution in [2.45, 2.75) is 64.0 Å². The summed E-state index contributed by atoms with van der Waals surface area (Å²) in [6.45, 7) is 9.55. The zero-order valence-corrected chi connectivity index (χ0v) is 22.0. The third-order valence-corrected chi connectivity index (χ3v) is 7.05. The minimum absolute atomic E-state index is 0.0910. The van der Waals surface area contributed by atoms with Crippen LogP contribution in [0.25, 0.3) is 0 Å². The molecule has 0 spiro atoms. The first-order chi connectivity index (χ1) is 16.0. The molecule has 0 aliphatic rings. The quantitative estimate of drug-likeness (QED) is 0.515. The fourth-order valence-electron chi connectivity index (χ4n) is 3.57. The van der Waals surface area contributed by atoms with Gasteiger partial charge < -0.3 is 9.47 Å². The zero-order valence-electron chi connectivity index (χ0n) is 20.5. The molecule has 7 nitrogen and oxygen atoms in total. The predicted octanol–water partition coefficient (Wildman–Crippen LogP) is 4.81. The molecule has 0 fully saturated rings. The monoisotopic (exact) mass is 531 g/mol. The van der Waals surface area contributed by atoms with E-state index >= 15 is 0 Å². The fraction of sp³-hybridized carbons (Fsp3) is 0.417.